The molecule has 0 atom stereocenters. The maximum atomic E-state index is 13.9. The van der Waals surface area contributed by atoms with Gasteiger partial charge >= 0.3 is 0 Å². The standard InChI is InChI=1S/C20H10ClF2NO3S/c21-11-1-4-13(5-2-11)24-19(25)18(28-20(24)26)10-14-6-8-17(27-14)15-7-3-12(22)9-16(15)23/h1-10H/b18-10-. The Morgan fingerprint density at radius 1 is 1.00 bits per heavy atom. The lowest BCUT2D eigenvalue weighted by atomic mass is 10.1. The van der Waals surface area contributed by atoms with Gasteiger partial charge in [-0.2, -0.15) is 0 Å². The van der Waals surface area contributed by atoms with Gasteiger partial charge in [0, 0.05) is 17.2 Å². The monoisotopic (exact) mass is 417 g/mol. The Bertz CT molecular complexity index is 1120. The Morgan fingerprint density at radius 3 is 2.46 bits per heavy atom. The van der Waals surface area contributed by atoms with Crippen molar-refractivity contribution >= 4 is 46.3 Å². The Kier molecular flexibility index (Phi) is 4.78. The van der Waals surface area contributed by atoms with E-state index in [2.05, 4.69) is 0 Å². The molecule has 8 heteroatoms. The second-order valence-electron chi connectivity index (χ2n) is 5.82. The fourth-order valence-corrected chi connectivity index (χ4v) is 3.62. The maximum Gasteiger partial charge on any atom is 0.298 e. The van der Waals surface area contributed by atoms with Crippen LogP contribution in [0.5, 0.6) is 0 Å². The molecule has 3 aromatic rings. The number of halogens is 3. The van der Waals surface area contributed by atoms with E-state index < -0.39 is 22.8 Å². The number of rotatable bonds is 3. The molecular formula is C20H10ClF2NO3S. The summed E-state index contributed by atoms with van der Waals surface area (Å²) in [6, 6.07) is 12.5. The van der Waals surface area contributed by atoms with E-state index >= 15 is 0 Å². The predicted octanol–water partition coefficient (Wildman–Crippen LogP) is 6.12. The van der Waals surface area contributed by atoms with Crippen LogP contribution in [0.2, 0.25) is 5.02 Å². The zero-order valence-corrected chi connectivity index (χ0v) is 15.6. The molecule has 28 heavy (non-hydrogen) atoms. The second-order valence-corrected chi connectivity index (χ2v) is 7.25. The SMILES string of the molecule is O=C1S/C(=C\c2ccc(-c3ccc(F)cc3F)o2)C(=O)N1c1ccc(Cl)cc1. The van der Waals surface area contributed by atoms with E-state index in [9.17, 15) is 18.4 Å². The molecule has 1 fully saturated rings. The molecule has 1 aromatic heterocycles. The van der Waals surface area contributed by atoms with Crippen LogP contribution in [0, 0.1) is 11.6 Å². The van der Waals surface area contributed by atoms with Crippen molar-refractivity contribution < 1.29 is 22.8 Å². The van der Waals surface area contributed by atoms with Gasteiger partial charge in [0.05, 0.1) is 16.2 Å². The Labute approximate surface area is 167 Å². The van der Waals surface area contributed by atoms with Crippen LogP contribution >= 0.6 is 23.4 Å². The van der Waals surface area contributed by atoms with Crippen molar-refractivity contribution in [3.8, 4) is 11.3 Å². The van der Waals surface area contributed by atoms with E-state index in [0.717, 1.165) is 28.8 Å². The first-order valence-corrected chi connectivity index (χ1v) is 9.20. The number of carbonyl (C=O) groups excluding carboxylic acids is 2. The Morgan fingerprint density at radius 2 is 1.75 bits per heavy atom. The van der Waals surface area contributed by atoms with Crippen LogP contribution in [0.15, 0.2) is 63.9 Å². The summed E-state index contributed by atoms with van der Waals surface area (Å²) in [7, 11) is 0. The highest BCUT2D eigenvalue weighted by atomic mass is 35.5. The first-order chi connectivity index (χ1) is 13.4. The average molecular weight is 418 g/mol. The number of thioether (sulfide) groups is 1. The lowest BCUT2D eigenvalue weighted by Crippen LogP contribution is -2.27. The number of benzene rings is 2. The van der Waals surface area contributed by atoms with Crippen molar-refractivity contribution in [2.45, 2.75) is 0 Å². The summed E-state index contributed by atoms with van der Waals surface area (Å²) >= 11 is 6.60. The van der Waals surface area contributed by atoms with E-state index in [1.165, 1.54) is 24.3 Å². The van der Waals surface area contributed by atoms with E-state index in [1.54, 1.807) is 24.3 Å². The number of hydrogen-bond acceptors (Lipinski definition) is 4. The molecule has 0 unspecified atom stereocenters. The summed E-state index contributed by atoms with van der Waals surface area (Å²) in [6.45, 7) is 0. The number of anilines is 1. The predicted molar refractivity (Wildman–Crippen MR) is 104 cm³/mol. The lowest BCUT2D eigenvalue weighted by Gasteiger charge is -2.11. The minimum Gasteiger partial charge on any atom is -0.457 e. The highest BCUT2D eigenvalue weighted by molar-refractivity contribution is 8.19. The first kappa shape index (κ1) is 18.5. The van der Waals surface area contributed by atoms with Crippen LogP contribution < -0.4 is 4.90 Å². The second kappa shape index (κ2) is 7.26. The summed E-state index contributed by atoms with van der Waals surface area (Å²) in [6.07, 6.45) is 1.41. The third kappa shape index (κ3) is 3.46. The van der Waals surface area contributed by atoms with Crippen molar-refractivity contribution in [1.82, 2.24) is 0 Å². The van der Waals surface area contributed by atoms with Gasteiger partial charge in [-0.25, -0.2) is 13.7 Å². The van der Waals surface area contributed by atoms with Gasteiger partial charge in [0.25, 0.3) is 11.1 Å². The van der Waals surface area contributed by atoms with Crippen molar-refractivity contribution in [2.24, 2.45) is 0 Å². The molecule has 4 rings (SSSR count). The highest BCUT2D eigenvalue weighted by Gasteiger charge is 2.36. The molecule has 2 heterocycles. The summed E-state index contributed by atoms with van der Waals surface area (Å²) in [5.41, 5.74) is 0.499. The highest BCUT2D eigenvalue weighted by Crippen LogP contribution is 2.36. The van der Waals surface area contributed by atoms with Gasteiger partial charge in [-0.3, -0.25) is 9.59 Å². The minimum absolute atomic E-state index is 0.0929. The van der Waals surface area contributed by atoms with Gasteiger partial charge in [-0.15, -0.1) is 0 Å². The number of carbonyl (C=O) groups is 2. The molecule has 0 bridgehead atoms. The molecule has 0 spiro atoms. The van der Waals surface area contributed by atoms with Crippen molar-refractivity contribution in [3.63, 3.8) is 0 Å². The quantitative estimate of drug-likeness (QED) is 0.482. The van der Waals surface area contributed by atoms with Gasteiger partial charge in [-0.1, -0.05) is 11.6 Å². The minimum atomic E-state index is -0.760. The lowest BCUT2D eigenvalue weighted by molar-refractivity contribution is -0.113. The average Bonchev–Trinajstić information content (AvgIpc) is 3.21. The van der Waals surface area contributed by atoms with Crippen molar-refractivity contribution in [1.29, 1.82) is 0 Å². The van der Waals surface area contributed by atoms with Gasteiger partial charge in [-0.05, 0) is 60.3 Å². The van der Waals surface area contributed by atoms with E-state index in [4.69, 9.17) is 16.0 Å². The van der Waals surface area contributed by atoms with E-state index in [1.807, 2.05) is 0 Å². The Balaban J connectivity index is 1.61. The van der Waals surface area contributed by atoms with Gasteiger partial charge < -0.3 is 4.42 Å². The third-order valence-corrected chi connectivity index (χ3v) is 5.10. The van der Waals surface area contributed by atoms with Crippen molar-refractivity contribution in [3.05, 3.63) is 81.9 Å². The molecular weight excluding hydrogens is 408 g/mol. The van der Waals surface area contributed by atoms with Crippen LogP contribution in [0.3, 0.4) is 0 Å². The van der Waals surface area contributed by atoms with Crippen LogP contribution in [-0.2, 0) is 4.79 Å². The normalized spacial score (nSPS) is 15.7. The molecule has 140 valence electrons. The molecule has 4 nitrogen and oxygen atoms in total. The van der Waals surface area contributed by atoms with Crippen LogP contribution in [-0.4, -0.2) is 11.1 Å². The first-order valence-electron chi connectivity index (χ1n) is 8.01. The summed E-state index contributed by atoms with van der Waals surface area (Å²) in [5, 5.41) is 0.0392. The topological polar surface area (TPSA) is 50.5 Å². The fraction of sp³-hybridized carbons (Fsp3) is 0. The molecule has 1 aliphatic heterocycles. The molecule has 0 radical (unpaired) electrons. The van der Waals surface area contributed by atoms with Gasteiger partial charge in [0.1, 0.15) is 23.2 Å². The van der Waals surface area contributed by atoms with Gasteiger partial charge in [0.15, 0.2) is 0 Å². The maximum absolute atomic E-state index is 13.9. The molecule has 0 aliphatic carbocycles. The zero-order valence-electron chi connectivity index (χ0n) is 14.0. The largest absolute Gasteiger partial charge is 0.457 e. The molecule has 1 saturated heterocycles. The van der Waals surface area contributed by atoms with Crippen LogP contribution in [0.4, 0.5) is 19.3 Å². The van der Waals surface area contributed by atoms with Gasteiger partial charge in [0.2, 0.25) is 0 Å². The summed E-state index contributed by atoms with van der Waals surface area (Å²) < 4.78 is 32.5. The number of imide groups is 1. The molecule has 0 saturated carbocycles. The molecule has 2 amide bonds. The third-order valence-electron chi connectivity index (χ3n) is 3.98. The van der Waals surface area contributed by atoms with Crippen LogP contribution in [0.1, 0.15) is 5.76 Å². The summed E-state index contributed by atoms with van der Waals surface area (Å²) in [4.78, 5) is 26.1. The van der Waals surface area contributed by atoms with E-state index in [-0.39, 0.29) is 22.0 Å². The van der Waals surface area contributed by atoms with Crippen LogP contribution in [0.25, 0.3) is 17.4 Å². The molecule has 1 aliphatic rings. The van der Waals surface area contributed by atoms with Crippen molar-refractivity contribution in [2.75, 3.05) is 4.90 Å². The number of hydrogen-bond donors (Lipinski definition) is 0. The smallest absolute Gasteiger partial charge is 0.298 e. The fourth-order valence-electron chi connectivity index (χ4n) is 2.67. The summed E-state index contributed by atoms with van der Waals surface area (Å²) in [5.74, 6) is -1.50. The zero-order chi connectivity index (χ0) is 19.8. The number of amides is 2. The van der Waals surface area contributed by atoms with E-state index in [0.29, 0.717) is 10.7 Å². The molecule has 2 aromatic carbocycles. The molecule has 0 N–H and O–H groups in total. The number of nitrogens with zero attached hydrogens (tertiary/aromatic N) is 1. The number of furan rings is 1. The Hall–Kier alpha value is -2.90.